The summed E-state index contributed by atoms with van der Waals surface area (Å²) in [6.07, 6.45) is 3.58. The maximum atomic E-state index is 11.7. The van der Waals surface area contributed by atoms with E-state index < -0.39 is 11.8 Å². The van der Waals surface area contributed by atoms with Gasteiger partial charge in [-0.1, -0.05) is 0 Å². The highest BCUT2D eigenvalue weighted by Gasteiger charge is 2.32. The number of rotatable bonds is 4. The molecule has 2 aliphatic rings. The molecule has 2 amide bonds. The molecule has 0 aromatic heterocycles. The number of carbonyl (C=O) groups excluding carboxylic acids is 4. The van der Waals surface area contributed by atoms with Crippen molar-refractivity contribution in [1.82, 2.24) is 10.6 Å². The van der Waals surface area contributed by atoms with E-state index in [0.717, 1.165) is 12.8 Å². The molecule has 104 valence electrons. The van der Waals surface area contributed by atoms with Crippen molar-refractivity contribution >= 4 is 23.4 Å². The van der Waals surface area contributed by atoms with Gasteiger partial charge in [0.2, 0.25) is 11.8 Å². The molecule has 2 N–H and O–H groups in total. The monoisotopic (exact) mass is 266 g/mol. The van der Waals surface area contributed by atoms with Crippen LogP contribution in [-0.2, 0) is 19.2 Å². The summed E-state index contributed by atoms with van der Waals surface area (Å²) >= 11 is 0. The molecule has 6 heteroatoms. The first-order valence-electron chi connectivity index (χ1n) is 6.70. The van der Waals surface area contributed by atoms with Crippen LogP contribution in [0.4, 0.5) is 0 Å². The van der Waals surface area contributed by atoms with Crippen LogP contribution in [0.1, 0.15) is 38.5 Å². The van der Waals surface area contributed by atoms with Crippen LogP contribution in [0.2, 0.25) is 0 Å². The number of hydrogen-bond donors (Lipinski definition) is 2. The zero-order valence-corrected chi connectivity index (χ0v) is 10.7. The zero-order chi connectivity index (χ0) is 13.8. The summed E-state index contributed by atoms with van der Waals surface area (Å²) in [7, 11) is 0. The van der Waals surface area contributed by atoms with E-state index in [9.17, 15) is 19.2 Å². The number of hydrogen-bond acceptors (Lipinski definition) is 4. The van der Waals surface area contributed by atoms with E-state index in [1.165, 1.54) is 0 Å². The second-order valence-corrected chi connectivity index (χ2v) is 5.08. The zero-order valence-electron chi connectivity index (χ0n) is 10.7. The van der Waals surface area contributed by atoms with Crippen molar-refractivity contribution in [3.8, 4) is 0 Å². The van der Waals surface area contributed by atoms with Crippen molar-refractivity contribution in [1.29, 1.82) is 0 Å². The molecule has 2 fully saturated rings. The van der Waals surface area contributed by atoms with Crippen LogP contribution in [0, 0.1) is 11.8 Å². The fourth-order valence-electron chi connectivity index (χ4n) is 2.65. The van der Waals surface area contributed by atoms with Crippen molar-refractivity contribution in [3.63, 3.8) is 0 Å². The first kappa shape index (κ1) is 13.7. The molecule has 6 nitrogen and oxygen atoms in total. The Hall–Kier alpha value is -1.72. The number of carbonyl (C=O) groups is 4. The van der Waals surface area contributed by atoms with E-state index in [0.29, 0.717) is 25.7 Å². The predicted molar refractivity (Wildman–Crippen MR) is 65.8 cm³/mol. The molecule has 0 bridgehead atoms. The summed E-state index contributed by atoms with van der Waals surface area (Å²) < 4.78 is 0. The van der Waals surface area contributed by atoms with Gasteiger partial charge >= 0.3 is 0 Å². The van der Waals surface area contributed by atoms with Crippen molar-refractivity contribution in [2.75, 3.05) is 6.67 Å². The van der Waals surface area contributed by atoms with Gasteiger partial charge in [0.25, 0.3) is 0 Å². The Morgan fingerprint density at radius 1 is 0.895 bits per heavy atom. The maximum Gasteiger partial charge on any atom is 0.231 e. The SMILES string of the molecule is O=C1CCCC1C(=O)NCNC(=O)C1CCCC1=O. The molecule has 2 rings (SSSR count). The lowest BCUT2D eigenvalue weighted by Gasteiger charge is -2.12. The quantitative estimate of drug-likeness (QED) is 0.549. The molecule has 2 aliphatic carbocycles. The highest BCUT2D eigenvalue weighted by molar-refractivity contribution is 6.03. The van der Waals surface area contributed by atoms with Crippen LogP contribution in [0.5, 0.6) is 0 Å². The Labute approximate surface area is 111 Å². The Kier molecular flexibility index (Phi) is 4.29. The van der Waals surface area contributed by atoms with Crippen LogP contribution in [-0.4, -0.2) is 30.0 Å². The summed E-state index contributed by atoms with van der Waals surface area (Å²) in [4.78, 5) is 46.1. The van der Waals surface area contributed by atoms with Gasteiger partial charge in [-0.25, -0.2) is 0 Å². The van der Waals surface area contributed by atoms with E-state index in [1.54, 1.807) is 0 Å². The molecule has 0 saturated heterocycles. The summed E-state index contributed by atoms with van der Waals surface area (Å²) in [6, 6.07) is 0. The van der Waals surface area contributed by atoms with Crippen LogP contribution in [0.25, 0.3) is 0 Å². The van der Waals surface area contributed by atoms with Crippen molar-refractivity contribution in [2.45, 2.75) is 38.5 Å². The molecule has 2 saturated carbocycles. The number of amides is 2. The van der Waals surface area contributed by atoms with Gasteiger partial charge in [0.1, 0.15) is 11.6 Å². The molecule has 2 unspecified atom stereocenters. The number of ketones is 2. The summed E-state index contributed by atoms with van der Waals surface area (Å²) in [5, 5.41) is 5.04. The van der Waals surface area contributed by atoms with E-state index in [1.807, 2.05) is 0 Å². The summed E-state index contributed by atoms with van der Waals surface area (Å²) in [5.41, 5.74) is 0. The Bertz CT molecular complexity index is 381. The average molecular weight is 266 g/mol. The van der Waals surface area contributed by atoms with E-state index in [-0.39, 0.29) is 30.0 Å². The lowest BCUT2D eigenvalue weighted by Crippen LogP contribution is -2.43. The van der Waals surface area contributed by atoms with Gasteiger partial charge in [0.15, 0.2) is 0 Å². The topological polar surface area (TPSA) is 92.3 Å². The Morgan fingerprint density at radius 3 is 1.63 bits per heavy atom. The van der Waals surface area contributed by atoms with Crippen molar-refractivity contribution in [2.24, 2.45) is 11.8 Å². The third kappa shape index (κ3) is 3.19. The smallest absolute Gasteiger partial charge is 0.231 e. The lowest BCUT2D eigenvalue weighted by molar-refractivity contribution is -0.132. The number of nitrogens with one attached hydrogen (secondary N) is 2. The minimum atomic E-state index is -0.565. The molecular formula is C13H18N2O4. The first-order valence-corrected chi connectivity index (χ1v) is 6.70. The van der Waals surface area contributed by atoms with Crippen LogP contribution in [0.15, 0.2) is 0 Å². The third-order valence-electron chi connectivity index (χ3n) is 3.77. The fourth-order valence-corrected chi connectivity index (χ4v) is 2.65. The van der Waals surface area contributed by atoms with Gasteiger partial charge in [-0.15, -0.1) is 0 Å². The largest absolute Gasteiger partial charge is 0.338 e. The van der Waals surface area contributed by atoms with Crippen molar-refractivity contribution < 1.29 is 19.2 Å². The third-order valence-corrected chi connectivity index (χ3v) is 3.77. The molecule has 0 aromatic carbocycles. The highest BCUT2D eigenvalue weighted by atomic mass is 16.2. The summed E-state index contributed by atoms with van der Waals surface area (Å²) in [6.45, 7) is -0.0226. The molecule has 19 heavy (non-hydrogen) atoms. The molecule has 0 aromatic rings. The molecule has 0 radical (unpaired) electrons. The van der Waals surface area contributed by atoms with Crippen molar-refractivity contribution in [3.05, 3.63) is 0 Å². The second kappa shape index (κ2) is 5.95. The Morgan fingerprint density at radius 2 is 1.32 bits per heavy atom. The molecule has 0 heterocycles. The fraction of sp³-hybridized carbons (Fsp3) is 0.692. The van der Waals surface area contributed by atoms with E-state index >= 15 is 0 Å². The van der Waals surface area contributed by atoms with Gasteiger partial charge in [0, 0.05) is 12.8 Å². The normalized spacial score (nSPS) is 26.5. The molecular weight excluding hydrogens is 248 g/mol. The van der Waals surface area contributed by atoms with Crippen LogP contribution >= 0.6 is 0 Å². The second-order valence-electron chi connectivity index (χ2n) is 5.08. The summed E-state index contributed by atoms with van der Waals surface area (Å²) in [5.74, 6) is -1.86. The highest BCUT2D eigenvalue weighted by Crippen LogP contribution is 2.22. The molecule has 0 aliphatic heterocycles. The standard InChI is InChI=1S/C13H18N2O4/c16-10-5-1-3-8(10)12(18)14-7-15-13(19)9-4-2-6-11(9)17/h8-9H,1-7H2,(H,14,18)(H,15,19). The average Bonchev–Trinajstić information content (AvgIpc) is 2.97. The van der Waals surface area contributed by atoms with E-state index in [4.69, 9.17) is 0 Å². The predicted octanol–water partition coefficient (Wildman–Crippen LogP) is -0.0853. The van der Waals surface area contributed by atoms with Crippen LogP contribution < -0.4 is 10.6 Å². The van der Waals surface area contributed by atoms with Gasteiger partial charge in [-0.2, -0.15) is 0 Å². The minimum Gasteiger partial charge on any atom is -0.338 e. The van der Waals surface area contributed by atoms with Gasteiger partial charge in [-0.05, 0) is 25.7 Å². The first-order chi connectivity index (χ1) is 9.09. The maximum absolute atomic E-state index is 11.7. The van der Waals surface area contributed by atoms with Gasteiger partial charge in [0.05, 0.1) is 18.5 Å². The molecule has 0 spiro atoms. The molecule has 2 atom stereocenters. The van der Waals surface area contributed by atoms with Gasteiger partial charge in [-0.3, -0.25) is 19.2 Å². The lowest BCUT2D eigenvalue weighted by atomic mass is 10.1. The van der Waals surface area contributed by atoms with E-state index in [2.05, 4.69) is 10.6 Å². The Balaban J connectivity index is 1.71. The number of Topliss-reactive ketones (excluding diaryl/α,β-unsaturated/α-hetero) is 2. The van der Waals surface area contributed by atoms with Crippen LogP contribution in [0.3, 0.4) is 0 Å². The minimum absolute atomic E-state index is 0.0226. The van der Waals surface area contributed by atoms with Gasteiger partial charge < -0.3 is 10.6 Å².